The van der Waals surface area contributed by atoms with Gasteiger partial charge in [-0.3, -0.25) is 4.79 Å². The Hall–Kier alpha value is -2.71. The Balaban J connectivity index is 1.73. The predicted molar refractivity (Wildman–Crippen MR) is 84.2 cm³/mol. The molecule has 3 aromatic rings. The van der Waals surface area contributed by atoms with Crippen LogP contribution in [0.5, 0.6) is 0 Å². The number of carbonyl (C=O) groups excluding carboxylic acids is 1. The zero-order valence-corrected chi connectivity index (χ0v) is 12.8. The van der Waals surface area contributed by atoms with Crippen molar-refractivity contribution in [3.05, 3.63) is 66.0 Å². The maximum atomic E-state index is 12.3. The number of pyridine rings is 1. The Labute approximate surface area is 132 Å². The fraction of sp³-hybridized carbons (Fsp3) is 0.0667. The molecule has 0 atom stereocenters. The molecule has 23 heavy (non-hydrogen) atoms. The number of hydrogen-bond donors (Lipinski definition) is 2. The van der Waals surface area contributed by atoms with E-state index >= 15 is 0 Å². The molecule has 3 N–H and O–H groups in total. The van der Waals surface area contributed by atoms with E-state index in [9.17, 15) is 13.2 Å². The number of nitrogens with two attached hydrogens (primary N) is 1. The minimum Gasteiger partial charge on any atom is -0.347 e. The standard InChI is InChI=1S/C15H14N4O3S/c16-23(21,22)13-6-4-11(5-7-13)10-17-15(20)14-3-1-2-12-8-9-18-19(12)14/h1-9H,10H2,(H,17,20)(H2,16,21,22). The lowest BCUT2D eigenvalue weighted by Gasteiger charge is -2.07. The Morgan fingerprint density at radius 2 is 1.87 bits per heavy atom. The smallest absolute Gasteiger partial charge is 0.270 e. The fourth-order valence-corrected chi connectivity index (χ4v) is 2.71. The van der Waals surface area contributed by atoms with Crippen LogP contribution in [0.15, 0.2) is 59.6 Å². The molecule has 2 aromatic heterocycles. The fourth-order valence-electron chi connectivity index (χ4n) is 2.19. The van der Waals surface area contributed by atoms with Gasteiger partial charge in [0, 0.05) is 6.54 Å². The lowest BCUT2D eigenvalue weighted by atomic mass is 10.2. The Bertz CT molecular complexity index is 962. The van der Waals surface area contributed by atoms with Crippen molar-refractivity contribution < 1.29 is 13.2 Å². The Kier molecular flexibility index (Phi) is 3.85. The van der Waals surface area contributed by atoms with Crippen molar-refractivity contribution in [3.8, 4) is 0 Å². The molecule has 0 aliphatic carbocycles. The van der Waals surface area contributed by atoms with Crippen LogP contribution in [0, 0.1) is 0 Å². The van der Waals surface area contributed by atoms with Crippen LogP contribution in [0.1, 0.15) is 16.1 Å². The second kappa shape index (κ2) is 5.82. The molecule has 7 nitrogen and oxygen atoms in total. The minimum atomic E-state index is -3.71. The Morgan fingerprint density at radius 1 is 1.13 bits per heavy atom. The van der Waals surface area contributed by atoms with Gasteiger partial charge in [-0.05, 0) is 35.9 Å². The van der Waals surface area contributed by atoms with E-state index in [0.717, 1.165) is 11.1 Å². The first-order chi connectivity index (χ1) is 10.9. The summed E-state index contributed by atoms with van der Waals surface area (Å²) in [7, 11) is -3.71. The van der Waals surface area contributed by atoms with Crippen LogP contribution in [0.25, 0.3) is 5.52 Å². The monoisotopic (exact) mass is 330 g/mol. The molecular formula is C15H14N4O3S. The van der Waals surface area contributed by atoms with Crippen molar-refractivity contribution in [3.63, 3.8) is 0 Å². The van der Waals surface area contributed by atoms with Crippen LogP contribution >= 0.6 is 0 Å². The van der Waals surface area contributed by atoms with Crippen molar-refractivity contribution in [1.29, 1.82) is 0 Å². The first-order valence-electron chi connectivity index (χ1n) is 6.78. The minimum absolute atomic E-state index is 0.0360. The van der Waals surface area contributed by atoms with E-state index < -0.39 is 10.0 Å². The molecule has 0 bridgehead atoms. The van der Waals surface area contributed by atoms with E-state index in [1.807, 2.05) is 12.1 Å². The summed E-state index contributed by atoms with van der Waals surface area (Å²) in [5.74, 6) is -0.269. The predicted octanol–water partition coefficient (Wildman–Crippen LogP) is 0.912. The normalized spacial score (nSPS) is 11.5. The molecule has 8 heteroatoms. The average molecular weight is 330 g/mol. The lowest BCUT2D eigenvalue weighted by molar-refractivity contribution is 0.0943. The summed E-state index contributed by atoms with van der Waals surface area (Å²) in [4.78, 5) is 12.3. The molecule has 0 radical (unpaired) electrons. The van der Waals surface area contributed by atoms with Crippen LogP contribution in [0.4, 0.5) is 0 Å². The summed E-state index contributed by atoms with van der Waals surface area (Å²) in [5, 5.41) is 11.9. The van der Waals surface area contributed by atoms with Gasteiger partial charge in [-0.25, -0.2) is 18.1 Å². The van der Waals surface area contributed by atoms with Gasteiger partial charge in [0.15, 0.2) is 0 Å². The van der Waals surface area contributed by atoms with E-state index in [0.29, 0.717) is 5.69 Å². The topological polar surface area (TPSA) is 107 Å². The molecule has 0 unspecified atom stereocenters. The largest absolute Gasteiger partial charge is 0.347 e. The highest BCUT2D eigenvalue weighted by Crippen LogP contribution is 2.10. The number of hydrogen-bond acceptors (Lipinski definition) is 4. The maximum Gasteiger partial charge on any atom is 0.270 e. The van der Waals surface area contributed by atoms with Crippen molar-refractivity contribution in [2.24, 2.45) is 5.14 Å². The summed E-state index contributed by atoms with van der Waals surface area (Å²) >= 11 is 0. The van der Waals surface area contributed by atoms with Crippen LogP contribution in [-0.2, 0) is 16.6 Å². The summed E-state index contributed by atoms with van der Waals surface area (Å²) in [6.07, 6.45) is 1.62. The van der Waals surface area contributed by atoms with Gasteiger partial charge in [0.05, 0.1) is 16.6 Å². The third-order valence-electron chi connectivity index (χ3n) is 3.36. The molecule has 0 saturated heterocycles. The molecule has 0 fully saturated rings. The summed E-state index contributed by atoms with van der Waals surface area (Å²) < 4.78 is 23.9. The number of nitrogens with one attached hydrogen (secondary N) is 1. The number of fused-ring (bicyclic) bond motifs is 1. The third-order valence-corrected chi connectivity index (χ3v) is 4.29. The van der Waals surface area contributed by atoms with Crippen molar-refractivity contribution in [1.82, 2.24) is 14.9 Å². The number of rotatable bonds is 4. The van der Waals surface area contributed by atoms with Gasteiger partial charge in [0.2, 0.25) is 10.0 Å². The van der Waals surface area contributed by atoms with Gasteiger partial charge in [-0.15, -0.1) is 0 Å². The maximum absolute atomic E-state index is 12.3. The van der Waals surface area contributed by atoms with Crippen molar-refractivity contribution in [2.75, 3.05) is 0 Å². The van der Waals surface area contributed by atoms with E-state index in [1.54, 1.807) is 35.0 Å². The van der Waals surface area contributed by atoms with Gasteiger partial charge in [-0.2, -0.15) is 5.10 Å². The highest BCUT2D eigenvalue weighted by Gasteiger charge is 2.11. The molecule has 0 aliphatic rings. The number of primary sulfonamides is 1. The third kappa shape index (κ3) is 3.22. The van der Waals surface area contributed by atoms with Crippen LogP contribution in [-0.4, -0.2) is 23.9 Å². The number of benzene rings is 1. The number of amides is 1. The first kappa shape index (κ1) is 15.2. The Morgan fingerprint density at radius 3 is 2.57 bits per heavy atom. The molecule has 2 heterocycles. The SMILES string of the molecule is NS(=O)(=O)c1ccc(CNC(=O)c2cccc3ccnn23)cc1. The summed E-state index contributed by atoms with van der Waals surface area (Å²) in [6, 6.07) is 13.2. The quantitative estimate of drug-likeness (QED) is 0.741. The lowest BCUT2D eigenvalue weighted by Crippen LogP contribution is -2.25. The van der Waals surface area contributed by atoms with E-state index in [-0.39, 0.29) is 17.3 Å². The second-order valence-electron chi connectivity index (χ2n) is 4.95. The molecule has 0 saturated carbocycles. The van der Waals surface area contributed by atoms with Gasteiger partial charge in [0.1, 0.15) is 5.69 Å². The summed E-state index contributed by atoms with van der Waals surface area (Å²) in [6.45, 7) is 0.265. The molecule has 118 valence electrons. The highest BCUT2D eigenvalue weighted by atomic mass is 32.2. The number of sulfonamides is 1. The van der Waals surface area contributed by atoms with Crippen LogP contribution in [0.3, 0.4) is 0 Å². The van der Waals surface area contributed by atoms with Gasteiger partial charge >= 0.3 is 0 Å². The molecule has 1 amide bonds. The summed E-state index contributed by atoms with van der Waals surface area (Å²) in [5.41, 5.74) is 2.02. The van der Waals surface area contributed by atoms with Crippen LogP contribution < -0.4 is 10.5 Å². The zero-order valence-electron chi connectivity index (χ0n) is 12.0. The number of nitrogens with zero attached hydrogens (tertiary/aromatic N) is 2. The van der Waals surface area contributed by atoms with E-state index in [4.69, 9.17) is 5.14 Å². The molecule has 1 aromatic carbocycles. The van der Waals surface area contributed by atoms with Gasteiger partial charge in [0.25, 0.3) is 5.91 Å². The van der Waals surface area contributed by atoms with Gasteiger partial charge in [-0.1, -0.05) is 18.2 Å². The van der Waals surface area contributed by atoms with Gasteiger partial charge < -0.3 is 5.32 Å². The molecule has 3 rings (SSSR count). The molecule has 0 aliphatic heterocycles. The van der Waals surface area contributed by atoms with Crippen molar-refractivity contribution >= 4 is 21.4 Å². The first-order valence-corrected chi connectivity index (χ1v) is 8.32. The van der Waals surface area contributed by atoms with E-state index in [1.165, 1.54) is 12.1 Å². The van der Waals surface area contributed by atoms with E-state index in [2.05, 4.69) is 10.4 Å². The molecule has 0 spiro atoms. The highest BCUT2D eigenvalue weighted by molar-refractivity contribution is 7.89. The zero-order chi connectivity index (χ0) is 16.4. The van der Waals surface area contributed by atoms with Crippen molar-refractivity contribution in [2.45, 2.75) is 11.4 Å². The van der Waals surface area contributed by atoms with Crippen LogP contribution in [0.2, 0.25) is 0 Å². The number of carbonyl (C=O) groups is 1. The number of aromatic nitrogens is 2. The average Bonchev–Trinajstić information content (AvgIpc) is 3.00. The molecular weight excluding hydrogens is 316 g/mol. The second-order valence-corrected chi connectivity index (χ2v) is 6.51.